The monoisotopic (exact) mass is 772 g/mol. The van der Waals surface area contributed by atoms with Crippen LogP contribution < -0.4 is 24.8 Å². The summed E-state index contributed by atoms with van der Waals surface area (Å²) in [5.41, 5.74) is 7.02. The molecule has 0 aliphatic heterocycles. The molecule has 2 aliphatic carbocycles. The summed E-state index contributed by atoms with van der Waals surface area (Å²) in [5, 5.41) is 0. The molecule has 0 fully saturated rings. The maximum Gasteiger partial charge on any atom is -1.00 e. The summed E-state index contributed by atoms with van der Waals surface area (Å²) >= 11 is -3.40. The smallest absolute Gasteiger partial charge is 1.00 e. The van der Waals surface area contributed by atoms with Crippen molar-refractivity contribution < 1.29 is 72.4 Å². The minimum Gasteiger partial charge on any atom is -1.00 e. The first-order valence-corrected chi connectivity index (χ1v) is 18.7. The van der Waals surface area contributed by atoms with E-state index in [4.69, 9.17) is 0 Å². The van der Waals surface area contributed by atoms with Gasteiger partial charge >= 0.3 is 273 Å². The first kappa shape index (κ1) is 37.6. The SMILES string of the molecule is C=Cc1ccc2c(c1)-c1cc(C=C)ccc1[CH]2[Zr+2]([C]1=CC(C)=CC1C)=[C](c1ccc(C(F)(F)F)cc1)c1ccc(C(F)(F)F)cc1.[Cl-].[Cl-]. The zero-order valence-electron chi connectivity index (χ0n) is 26.0. The van der Waals surface area contributed by atoms with Crippen molar-refractivity contribution in [3.63, 3.8) is 0 Å². The number of halogens is 8. The minimum atomic E-state index is -4.52. The van der Waals surface area contributed by atoms with Crippen LogP contribution >= 0.6 is 0 Å². The largest absolute Gasteiger partial charge is 1.00 e. The third-order valence-electron chi connectivity index (χ3n) is 8.80. The summed E-state index contributed by atoms with van der Waals surface area (Å²) in [6, 6.07) is 22.7. The van der Waals surface area contributed by atoms with E-state index in [9.17, 15) is 26.3 Å². The predicted octanol–water partition coefficient (Wildman–Crippen LogP) is 5.46. The van der Waals surface area contributed by atoms with Crippen LogP contribution in [0.5, 0.6) is 0 Å². The Bertz CT molecular complexity index is 1850. The van der Waals surface area contributed by atoms with Gasteiger partial charge in [-0.2, -0.15) is 0 Å². The summed E-state index contributed by atoms with van der Waals surface area (Å²) in [6.07, 6.45) is -1.07. The van der Waals surface area contributed by atoms with Gasteiger partial charge in [0.1, 0.15) is 0 Å². The van der Waals surface area contributed by atoms with E-state index in [1.54, 1.807) is 12.2 Å². The second kappa shape index (κ2) is 14.3. The van der Waals surface area contributed by atoms with Crippen LogP contribution in [0, 0.1) is 5.92 Å². The van der Waals surface area contributed by atoms with Gasteiger partial charge in [0.15, 0.2) is 0 Å². The molecule has 0 amide bonds. The van der Waals surface area contributed by atoms with Gasteiger partial charge in [-0.3, -0.25) is 0 Å². The second-order valence-corrected chi connectivity index (χ2v) is 17.9. The number of fused-ring (bicyclic) bond motifs is 3. The Balaban J connectivity index is 0.00000260. The molecule has 1 atom stereocenters. The Kier molecular flexibility index (Phi) is 11.2. The Morgan fingerprint density at radius 1 is 0.667 bits per heavy atom. The van der Waals surface area contributed by atoms with Crippen LogP contribution in [-0.4, -0.2) is 3.21 Å². The average Bonchev–Trinajstić information content (AvgIpc) is 3.53. The van der Waals surface area contributed by atoms with Crippen molar-refractivity contribution in [3.8, 4) is 11.1 Å². The summed E-state index contributed by atoms with van der Waals surface area (Å²) in [7, 11) is 0. The van der Waals surface area contributed by atoms with Gasteiger partial charge in [0.2, 0.25) is 0 Å². The van der Waals surface area contributed by atoms with E-state index in [2.05, 4.69) is 56.5 Å². The van der Waals surface area contributed by atoms with Crippen LogP contribution in [-0.2, 0) is 33.6 Å². The van der Waals surface area contributed by atoms with E-state index in [1.165, 1.54) is 27.5 Å². The van der Waals surface area contributed by atoms with Gasteiger partial charge in [0.25, 0.3) is 0 Å². The van der Waals surface area contributed by atoms with Crippen LogP contribution in [0.3, 0.4) is 0 Å². The second-order valence-electron chi connectivity index (χ2n) is 11.8. The van der Waals surface area contributed by atoms with Crippen molar-refractivity contribution in [2.75, 3.05) is 0 Å². The Morgan fingerprint density at radius 2 is 1.08 bits per heavy atom. The molecule has 0 nitrogen and oxygen atoms in total. The fourth-order valence-electron chi connectivity index (χ4n) is 6.67. The van der Waals surface area contributed by atoms with Crippen molar-refractivity contribution >= 4 is 15.4 Å². The average molecular weight is 775 g/mol. The van der Waals surface area contributed by atoms with E-state index in [1.807, 2.05) is 19.1 Å². The van der Waals surface area contributed by atoms with E-state index >= 15 is 0 Å². The maximum atomic E-state index is 13.7. The Hall–Kier alpha value is -3.25. The van der Waals surface area contributed by atoms with Gasteiger partial charge in [0.05, 0.1) is 0 Å². The fourth-order valence-corrected chi connectivity index (χ4v) is 16.4. The van der Waals surface area contributed by atoms with Gasteiger partial charge < -0.3 is 24.8 Å². The van der Waals surface area contributed by atoms with Gasteiger partial charge in [0, 0.05) is 0 Å². The van der Waals surface area contributed by atoms with Crippen molar-refractivity contribution in [2.45, 2.75) is 29.8 Å². The first-order chi connectivity index (χ1) is 21.8. The summed E-state index contributed by atoms with van der Waals surface area (Å²) in [5.74, 6) is 0.0701. The fraction of sp³-hybridized carbons (Fsp3) is 0.154. The zero-order chi connectivity index (χ0) is 33.0. The molecular formula is C39H30Cl2F6Zr. The van der Waals surface area contributed by atoms with Crippen LogP contribution in [0.15, 0.2) is 119 Å². The summed E-state index contributed by atoms with van der Waals surface area (Å²) < 4.78 is 84.0. The Morgan fingerprint density at radius 3 is 1.42 bits per heavy atom. The van der Waals surface area contributed by atoms with Crippen molar-refractivity contribution in [1.29, 1.82) is 0 Å². The van der Waals surface area contributed by atoms with E-state index in [0.717, 1.165) is 66.4 Å². The molecule has 6 rings (SSSR count). The molecule has 0 saturated carbocycles. The number of benzene rings is 4. The number of hydrogen-bond donors (Lipinski definition) is 0. The molecule has 0 N–H and O–H groups in total. The quantitative estimate of drug-likeness (QED) is 0.229. The van der Waals surface area contributed by atoms with Gasteiger partial charge in [-0.1, -0.05) is 0 Å². The summed E-state index contributed by atoms with van der Waals surface area (Å²) in [6.45, 7) is 12.1. The number of rotatable bonds is 6. The third-order valence-corrected chi connectivity index (χ3v) is 17.5. The zero-order valence-corrected chi connectivity index (χ0v) is 30.0. The van der Waals surface area contributed by atoms with Crippen molar-refractivity contribution in [3.05, 3.63) is 164 Å². The number of allylic oxidation sites excluding steroid dienone is 4. The molecule has 48 heavy (non-hydrogen) atoms. The van der Waals surface area contributed by atoms with E-state index in [-0.39, 0.29) is 34.4 Å². The van der Waals surface area contributed by atoms with Crippen LogP contribution in [0.2, 0.25) is 0 Å². The molecule has 1 unspecified atom stereocenters. The predicted molar refractivity (Wildman–Crippen MR) is 171 cm³/mol. The number of alkyl halides is 6. The molecular weight excluding hydrogens is 745 g/mol. The van der Waals surface area contributed by atoms with E-state index < -0.39 is 44.7 Å². The van der Waals surface area contributed by atoms with Gasteiger partial charge in [-0.05, 0) is 0 Å². The molecule has 0 aromatic heterocycles. The third kappa shape index (κ3) is 7.06. The first-order valence-electron chi connectivity index (χ1n) is 14.8. The molecule has 0 heterocycles. The van der Waals surface area contributed by atoms with Crippen LogP contribution in [0.4, 0.5) is 26.3 Å². The number of hydrogen-bond acceptors (Lipinski definition) is 0. The topological polar surface area (TPSA) is 0 Å². The Labute approximate surface area is 296 Å². The normalized spacial score (nSPS) is 15.1. The van der Waals surface area contributed by atoms with Gasteiger partial charge in [-0.25, -0.2) is 0 Å². The molecule has 0 spiro atoms. The molecule has 4 aromatic carbocycles. The van der Waals surface area contributed by atoms with Crippen LogP contribution in [0.1, 0.15) is 62.0 Å². The minimum absolute atomic E-state index is 0. The maximum absolute atomic E-state index is 13.7. The molecule has 2 aliphatic rings. The molecule has 9 heteroatoms. The molecule has 4 aromatic rings. The molecule has 0 bridgehead atoms. The van der Waals surface area contributed by atoms with Crippen LogP contribution in [0.25, 0.3) is 23.3 Å². The van der Waals surface area contributed by atoms with Crippen molar-refractivity contribution in [2.24, 2.45) is 5.92 Å². The summed E-state index contributed by atoms with van der Waals surface area (Å²) in [4.78, 5) is 0. The molecule has 0 saturated heterocycles. The standard InChI is InChI=1S/C17H13.C15H8F6.C7H9.2ClH.Zr/c1-3-12-5-7-14-11-15-8-6-13(4-2)10-17(15)16(14)9-12;16-14(17,18)12-5-1-10(2-6-12)9-11-3-7-13(8-4-11)15(19,20)21;1-6-3-4-7(2)5-6;;;/h3-11H,1-2H2;1-8H;3,5,7H,1-2H3;2*1H;/q;;;;;+2/p-2. The molecule has 246 valence electrons. The van der Waals surface area contributed by atoms with Gasteiger partial charge in [-0.15, -0.1) is 0 Å². The van der Waals surface area contributed by atoms with Crippen molar-refractivity contribution in [1.82, 2.24) is 0 Å². The molecule has 0 radical (unpaired) electrons. The van der Waals surface area contributed by atoms with E-state index in [0.29, 0.717) is 11.1 Å².